The SMILES string of the molecule is Cn1nccc1CNc1nc(Cl)ccc1N. The van der Waals surface area contributed by atoms with Crippen LogP contribution in [0.1, 0.15) is 5.69 Å². The maximum absolute atomic E-state index is 5.78. The van der Waals surface area contributed by atoms with Crippen LogP contribution >= 0.6 is 11.6 Å². The number of hydrogen-bond acceptors (Lipinski definition) is 4. The second kappa shape index (κ2) is 4.40. The molecule has 0 fully saturated rings. The van der Waals surface area contributed by atoms with Crippen molar-refractivity contribution in [2.24, 2.45) is 7.05 Å². The third kappa shape index (κ3) is 2.25. The number of rotatable bonds is 3. The topological polar surface area (TPSA) is 68.8 Å². The van der Waals surface area contributed by atoms with Crippen molar-refractivity contribution in [2.45, 2.75) is 6.54 Å². The molecule has 3 N–H and O–H groups in total. The van der Waals surface area contributed by atoms with Crippen LogP contribution in [-0.4, -0.2) is 14.8 Å². The zero-order chi connectivity index (χ0) is 11.5. The highest BCUT2D eigenvalue weighted by atomic mass is 35.5. The summed E-state index contributed by atoms with van der Waals surface area (Å²) >= 11 is 5.78. The van der Waals surface area contributed by atoms with Crippen LogP contribution in [0.5, 0.6) is 0 Å². The molecule has 0 bridgehead atoms. The molecule has 5 nitrogen and oxygen atoms in total. The van der Waals surface area contributed by atoms with E-state index in [-0.39, 0.29) is 0 Å². The Hall–Kier alpha value is -1.75. The molecule has 0 aliphatic rings. The fourth-order valence-electron chi connectivity index (χ4n) is 1.34. The van der Waals surface area contributed by atoms with Gasteiger partial charge in [-0.25, -0.2) is 4.98 Å². The number of aromatic nitrogens is 3. The van der Waals surface area contributed by atoms with E-state index in [1.807, 2.05) is 13.1 Å². The third-order valence-corrected chi connectivity index (χ3v) is 2.46. The van der Waals surface area contributed by atoms with Crippen LogP contribution < -0.4 is 11.1 Å². The van der Waals surface area contributed by atoms with Crippen LogP contribution in [0, 0.1) is 0 Å². The van der Waals surface area contributed by atoms with Crippen molar-refractivity contribution in [3.8, 4) is 0 Å². The van der Waals surface area contributed by atoms with Crippen LogP contribution in [0.4, 0.5) is 11.5 Å². The van der Waals surface area contributed by atoms with E-state index in [0.717, 1.165) is 5.69 Å². The van der Waals surface area contributed by atoms with Crippen molar-refractivity contribution >= 4 is 23.1 Å². The van der Waals surface area contributed by atoms with E-state index in [1.165, 1.54) is 0 Å². The fraction of sp³-hybridized carbons (Fsp3) is 0.200. The Balaban J connectivity index is 2.10. The number of pyridine rings is 1. The summed E-state index contributed by atoms with van der Waals surface area (Å²) in [7, 11) is 1.88. The van der Waals surface area contributed by atoms with Crippen molar-refractivity contribution in [3.05, 3.63) is 35.2 Å². The molecule has 84 valence electrons. The monoisotopic (exact) mass is 237 g/mol. The summed E-state index contributed by atoms with van der Waals surface area (Å²) in [5.41, 5.74) is 7.38. The molecule has 0 amide bonds. The molecule has 0 unspecified atom stereocenters. The number of nitrogens with one attached hydrogen (secondary N) is 1. The molecule has 0 saturated carbocycles. The van der Waals surface area contributed by atoms with E-state index in [2.05, 4.69) is 15.4 Å². The van der Waals surface area contributed by atoms with Gasteiger partial charge in [-0.2, -0.15) is 5.10 Å². The van der Waals surface area contributed by atoms with Gasteiger partial charge in [0.1, 0.15) is 5.15 Å². The minimum Gasteiger partial charge on any atom is -0.396 e. The Labute approximate surface area is 98.2 Å². The van der Waals surface area contributed by atoms with Crippen molar-refractivity contribution in [2.75, 3.05) is 11.1 Å². The highest BCUT2D eigenvalue weighted by Crippen LogP contribution is 2.18. The van der Waals surface area contributed by atoms with E-state index in [4.69, 9.17) is 17.3 Å². The Morgan fingerprint density at radius 3 is 2.94 bits per heavy atom. The van der Waals surface area contributed by atoms with E-state index in [1.54, 1.807) is 23.0 Å². The molecule has 16 heavy (non-hydrogen) atoms. The molecule has 2 rings (SSSR count). The second-order valence-electron chi connectivity index (χ2n) is 3.37. The van der Waals surface area contributed by atoms with Gasteiger partial charge in [-0.15, -0.1) is 0 Å². The first-order chi connectivity index (χ1) is 7.66. The van der Waals surface area contributed by atoms with E-state index in [0.29, 0.717) is 23.2 Å². The lowest BCUT2D eigenvalue weighted by Gasteiger charge is -2.08. The molecule has 0 saturated heterocycles. The maximum atomic E-state index is 5.78. The van der Waals surface area contributed by atoms with Gasteiger partial charge in [-0.1, -0.05) is 11.6 Å². The lowest BCUT2D eigenvalue weighted by molar-refractivity contribution is 0.720. The lowest BCUT2D eigenvalue weighted by atomic mass is 10.3. The Bertz CT molecular complexity index is 494. The standard InChI is InChI=1S/C10H12ClN5/c1-16-7(4-5-14-16)6-13-10-8(12)2-3-9(11)15-10/h2-5H,6,12H2,1H3,(H,13,15). The maximum Gasteiger partial charge on any atom is 0.151 e. The zero-order valence-corrected chi connectivity index (χ0v) is 9.57. The van der Waals surface area contributed by atoms with E-state index in [9.17, 15) is 0 Å². The van der Waals surface area contributed by atoms with E-state index >= 15 is 0 Å². The molecule has 0 atom stereocenters. The highest BCUT2D eigenvalue weighted by molar-refractivity contribution is 6.29. The molecule has 2 aromatic rings. The number of nitrogens with zero attached hydrogens (tertiary/aromatic N) is 3. The van der Waals surface area contributed by atoms with Gasteiger partial charge in [-0.3, -0.25) is 4.68 Å². The van der Waals surface area contributed by atoms with Crippen molar-refractivity contribution < 1.29 is 0 Å². The second-order valence-corrected chi connectivity index (χ2v) is 3.76. The van der Waals surface area contributed by atoms with Gasteiger partial charge >= 0.3 is 0 Å². The molecule has 0 aliphatic carbocycles. The third-order valence-electron chi connectivity index (χ3n) is 2.25. The van der Waals surface area contributed by atoms with Gasteiger partial charge in [0.2, 0.25) is 0 Å². The average molecular weight is 238 g/mol. The van der Waals surface area contributed by atoms with Crippen LogP contribution in [0.15, 0.2) is 24.4 Å². The summed E-state index contributed by atoms with van der Waals surface area (Å²) in [5, 5.41) is 7.60. The molecule has 0 aliphatic heterocycles. The largest absolute Gasteiger partial charge is 0.396 e. The first-order valence-electron chi connectivity index (χ1n) is 4.79. The van der Waals surface area contributed by atoms with Gasteiger partial charge in [0.25, 0.3) is 0 Å². The summed E-state index contributed by atoms with van der Waals surface area (Å²) < 4.78 is 1.79. The number of nitrogens with two attached hydrogens (primary N) is 1. The molecule has 0 spiro atoms. The van der Waals surface area contributed by atoms with Gasteiger partial charge in [0.05, 0.1) is 17.9 Å². The first-order valence-corrected chi connectivity index (χ1v) is 5.17. The molecule has 0 radical (unpaired) electrons. The van der Waals surface area contributed by atoms with Gasteiger partial charge < -0.3 is 11.1 Å². The summed E-state index contributed by atoms with van der Waals surface area (Å²) in [6.07, 6.45) is 1.74. The molecular formula is C10H12ClN5. The minimum absolute atomic E-state index is 0.418. The lowest BCUT2D eigenvalue weighted by Crippen LogP contribution is -2.08. The number of hydrogen-bond donors (Lipinski definition) is 2. The summed E-state index contributed by atoms with van der Waals surface area (Å²) in [6, 6.07) is 5.31. The van der Waals surface area contributed by atoms with Crippen LogP contribution in [-0.2, 0) is 13.6 Å². The smallest absolute Gasteiger partial charge is 0.151 e. The quantitative estimate of drug-likeness (QED) is 0.797. The Morgan fingerprint density at radius 2 is 2.25 bits per heavy atom. The zero-order valence-electron chi connectivity index (χ0n) is 8.81. The van der Waals surface area contributed by atoms with Crippen molar-refractivity contribution in [1.82, 2.24) is 14.8 Å². The number of aryl methyl sites for hydroxylation is 1. The Kier molecular flexibility index (Phi) is 2.96. The van der Waals surface area contributed by atoms with Gasteiger partial charge in [0, 0.05) is 13.2 Å². The predicted molar refractivity (Wildman–Crippen MR) is 64.2 cm³/mol. The number of anilines is 2. The van der Waals surface area contributed by atoms with Crippen LogP contribution in [0.25, 0.3) is 0 Å². The first kappa shape index (κ1) is 10.8. The highest BCUT2D eigenvalue weighted by Gasteiger charge is 2.03. The van der Waals surface area contributed by atoms with Crippen LogP contribution in [0.3, 0.4) is 0 Å². The number of nitrogen functional groups attached to an aromatic ring is 1. The van der Waals surface area contributed by atoms with Crippen LogP contribution in [0.2, 0.25) is 5.15 Å². The molecule has 2 heterocycles. The van der Waals surface area contributed by atoms with Crippen molar-refractivity contribution in [1.29, 1.82) is 0 Å². The molecule has 6 heteroatoms. The summed E-state index contributed by atoms with van der Waals surface area (Å²) in [6.45, 7) is 0.605. The molecule has 0 aromatic carbocycles. The average Bonchev–Trinajstić information content (AvgIpc) is 2.66. The predicted octanol–water partition coefficient (Wildman–Crippen LogP) is 1.66. The van der Waals surface area contributed by atoms with E-state index < -0.39 is 0 Å². The minimum atomic E-state index is 0.418. The molecular weight excluding hydrogens is 226 g/mol. The summed E-state index contributed by atoms with van der Waals surface area (Å²) in [4.78, 5) is 4.10. The molecule has 2 aromatic heterocycles. The number of halogens is 1. The Morgan fingerprint density at radius 1 is 1.44 bits per heavy atom. The summed E-state index contributed by atoms with van der Waals surface area (Å²) in [5.74, 6) is 0.591. The van der Waals surface area contributed by atoms with Gasteiger partial charge in [-0.05, 0) is 18.2 Å². The van der Waals surface area contributed by atoms with Gasteiger partial charge in [0.15, 0.2) is 5.82 Å². The fourth-order valence-corrected chi connectivity index (χ4v) is 1.48. The van der Waals surface area contributed by atoms with Crippen molar-refractivity contribution in [3.63, 3.8) is 0 Å². The normalized spacial score (nSPS) is 10.4.